The standard InChI is InChI=1S/C14H17ClN4O2S/c15-12-2-1-11(9-16-12)10-19-5-8-22-14(19)17-13(20)18-3-6-21-7-4-18/h1-2,9H,3-8,10H2/b17-14+. The van der Waals surface area contributed by atoms with Gasteiger partial charge >= 0.3 is 6.03 Å². The third-order valence-corrected chi connectivity index (χ3v) is 4.72. The molecule has 2 aliphatic heterocycles. The zero-order valence-electron chi connectivity index (χ0n) is 12.1. The van der Waals surface area contributed by atoms with Crippen molar-refractivity contribution in [1.82, 2.24) is 14.8 Å². The zero-order chi connectivity index (χ0) is 15.4. The molecular weight excluding hydrogens is 324 g/mol. The summed E-state index contributed by atoms with van der Waals surface area (Å²) in [7, 11) is 0. The maximum atomic E-state index is 12.2. The van der Waals surface area contributed by atoms with Crippen molar-refractivity contribution in [3.05, 3.63) is 29.0 Å². The number of aromatic nitrogens is 1. The second-order valence-corrected chi connectivity index (χ2v) is 6.48. The fraction of sp³-hybridized carbons (Fsp3) is 0.500. The van der Waals surface area contributed by atoms with Crippen molar-refractivity contribution in [2.24, 2.45) is 4.99 Å². The maximum absolute atomic E-state index is 12.2. The molecule has 0 aromatic carbocycles. The second-order valence-electron chi connectivity index (χ2n) is 5.04. The number of amidine groups is 1. The van der Waals surface area contributed by atoms with Crippen molar-refractivity contribution in [1.29, 1.82) is 0 Å². The molecule has 0 spiro atoms. The van der Waals surface area contributed by atoms with E-state index in [1.165, 1.54) is 0 Å². The molecule has 3 heterocycles. The Kier molecular flexibility index (Phi) is 5.17. The number of ether oxygens (including phenoxy) is 1. The number of amides is 2. The van der Waals surface area contributed by atoms with Gasteiger partial charge in [0.05, 0.1) is 13.2 Å². The Balaban J connectivity index is 1.65. The van der Waals surface area contributed by atoms with Crippen molar-refractivity contribution in [3.63, 3.8) is 0 Å². The number of nitrogens with zero attached hydrogens (tertiary/aromatic N) is 4. The van der Waals surface area contributed by atoms with Gasteiger partial charge in [-0.1, -0.05) is 29.4 Å². The number of carbonyl (C=O) groups excluding carboxylic acids is 1. The van der Waals surface area contributed by atoms with Crippen molar-refractivity contribution in [2.45, 2.75) is 6.54 Å². The minimum Gasteiger partial charge on any atom is -0.378 e. The minimum absolute atomic E-state index is 0.174. The highest BCUT2D eigenvalue weighted by Crippen LogP contribution is 2.21. The van der Waals surface area contributed by atoms with Crippen LogP contribution < -0.4 is 0 Å². The van der Waals surface area contributed by atoms with Gasteiger partial charge in [-0.15, -0.1) is 0 Å². The predicted molar refractivity (Wildman–Crippen MR) is 87.3 cm³/mol. The van der Waals surface area contributed by atoms with Crippen LogP contribution in [-0.4, -0.2) is 64.6 Å². The van der Waals surface area contributed by atoms with E-state index in [9.17, 15) is 4.79 Å². The van der Waals surface area contributed by atoms with Gasteiger partial charge in [0.2, 0.25) is 0 Å². The lowest BCUT2D eigenvalue weighted by molar-refractivity contribution is 0.0555. The van der Waals surface area contributed by atoms with Gasteiger partial charge in [0.25, 0.3) is 0 Å². The van der Waals surface area contributed by atoms with Crippen LogP contribution in [0.1, 0.15) is 5.56 Å². The molecule has 3 rings (SSSR count). The zero-order valence-corrected chi connectivity index (χ0v) is 13.6. The number of aliphatic imine (C=N–C) groups is 1. The highest BCUT2D eigenvalue weighted by Gasteiger charge is 2.23. The fourth-order valence-electron chi connectivity index (χ4n) is 2.31. The Labute approximate surface area is 138 Å². The van der Waals surface area contributed by atoms with Crippen LogP contribution in [-0.2, 0) is 11.3 Å². The topological polar surface area (TPSA) is 58.0 Å². The SMILES string of the molecule is O=C(/N=C1/SCCN1Cc1ccc(Cl)nc1)N1CCOCC1. The number of thioether (sulfide) groups is 1. The number of morpholine rings is 1. The van der Waals surface area contributed by atoms with Crippen molar-refractivity contribution in [3.8, 4) is 0 Å². The van der Waals surface area contributed by atoms with E-state index in [2.05, 4.69) is 14.9 Å². The first kappa shape index (κ1) is 15.6. The van der Waals surface area contributed by atoms with E-state index in [0.29, 0.717) is 38.0 Å². The lowest BCUT2D eigenvalue weighted by Gasteiger charge is -2.25. The van der Waals surface area contributed by atoms with Gasteiger partial charge in [-0.2, -0.15) is 4.99 Å². The number of rotatable bonds is 2. The molecule has 2 saturated heterocycles. The monoisotopic (exact) mass is 340 g/mol. The quantitative estimate of drug-likeness (QED) is 0.772. The molecule has 6 nitrogen and oxygen atoms in total. The molecule has 0 N–H and O–H groups in total. The first-order chi connectivity index (χ1) is 10.7. The normalized spacial score (nSPS) is 20.7. The Hall–Kier alpha value is -1.31. The molecule has 0 unspecified atom stereocenters. The van der Waals surface area contributed by atoms with Gasteiger partial charge in [-0.05, 0) is 11.6 Å². The van der Waals surface area contributed by atoms with Crippen molar-refractivity contribution < 1.29 is 9.53 Å². The summed E-state index contributed by atoms with van der Waals surface area (Å²) in [5.74, 6) is 0.941. The van der Waals surface area contributed by atoms with E-state index in [1.54, 1.807) is 28.9 Å². The number of halogens is 1. The lowest BCUT2D eigenvalue weighted by atomic mass is 10.3. The van der Waals surface area contributed by atoms with Gasteiger partial charge in [0.15, 0.2) is 5.17 Å². The van der Waals surface area contributed by atoms with Gasteiger partial charge in [-0.25, -0.2) is 9.78 Å². The number of urea groups is 1. The molecule has 2 aliphatic rings. The van der Waals surface area contributed by atoms with Gasteiger partial charge in [-0.3, -0.25) is 0 Å². The third-order valence-electron chi connectivity index (χ3n) is 3.50. The molecule has 0 atom stereocenters. The van der Waals surface area contributed by atoms with E-state index in [1.807, 2.05) is 6.07 Å². The Morgan fingerprint density at radius 3 is 2.91 bits per heavy atom. The summed E-state index contributed by atoms with van der Waals surface area (Å²) in [6.45, 7) is 3.96. The van der Waals surface area contributed by atoms with Crippen LogP contribution in [0.15, 0.2) is 23.3 Å². The summed E-state index contributed by atoms with van der Waals surface area (Å²) in [5, 5.41) is 1.27. The van der Waals surface area contributed by atoms with E-state index >= 15 is 0 Å². The fourth-order valence-corrected chi connectivity index (χ4v) is 3.40. The number of pyridine rings is 1. The average Bonchev–Trinajstić information content (AvgIpc) is 2.97. The first-order valence-corrected chi connectivity index (χ1v) is 8.52. The number of hydrogen-bond acceptors (Lipinski definition) is 4. The molecule has 1 aromatic rings. The second kappa shape index (κ2) is 7.30. The van der Waals surface area contributed by atoms with Crippen LogP contribution in [0, 0.1) is 0 Å². The highest BCUT2D eigenvalue weighted by molar-refractivity contribution is 8.14. The van der Waals surface area contributed by atoms with Crippen molar-refractivity contribution >= 4 is 34.6 Å². The summed E-state index contributed by atoms with van der Waals surface area (Å²) in [4.78, 5) is 24.4. The molecule has 0 bridgehead atoms. The van der Waals surface area contributed by atoms with E-state index in [0.717, 1.165) is 23.0 Å². The predicted octanol–water partition coefficient (Wildman–Crippen LogP) is 2.09. The van der Waals surface area contributed by atoms with Crippen LogP contribution in [0.5, 0.6) is 0 Å². The van der Waals surface area contributed by atoms with E-state index in [-0.39, 0.29) is 6.03 Å². The summed E-state index contributed by atoms with van der Waals surface area (Å²) in [6, 6.07) is 3.54. The van der Waals surface area contributed by atoms with Crippen LogP contribution in [0.3, 0.4) is 0 Å². The minimum atomic E-state index is -0.174. The van der Waals surface area contributed by atoms with Gasteiger partial charge in [0, 0.05) is 38.1 Å². The third kappa shape index (κ3) is 3.91. The van der Waals surface area contributed by atoms with Crippen molar-refractivity contribution in [2.75, 3.05) is 38.6 Å². The molecule has 2 fully saturated rings. The molecular formula is C14H17ClN4O2S. The van der Waals surface area contributed by atoms with E-state index in [4.69, 9.17) is 16.3 Å². The van der Waals surface area contributed by atoms with Crippen LogP contribution in [0.25, 0.3) is 0 Å². The Morgan fingerprint density at radius 2 is 2.18 bits per heavy atom. The van der Waals surface area contributed by atoms with Crippen LogP contribution >= 0.6 is 23.4 Å². The summed E-state index contributed by atoms with van der Waals surface area (Å²) in [6.07, 6.45) is 1.76. The molecule has 118 valence electrons. The number of hydrogen-bond donors (Lipinski definition) is 0. The summed E-state index contributed by atoms with van der Waals surface area (Å²) in [5.41, 5.74) is 1.05. The molecule has 2 amide bonds. The Morgan fingerprint density at radius 1 is 1.36 bits per heavy atom. The summed E-state index contributed by atoms with van der Waals surface area (Å²) < 4.78 is 5.25. The molecule has 22 heavy (non-hydrogen) atoms. The molecule has 0 radical (unpaired) electrons. The number of carbonyl (C=O) groups is 1. The average molecular weight is 341 g/mol. The summed E-state index contributed by atoms with van der Waals surface area (Å²) >= 11 is 7.41. The molecule has 8 heteroatoms. The van der Waals surface area contributed by atoms with Gasteiger partial charge in [0.1, 0.15) is 5.15 Å². The van der Waals surface area contributed by atoms with Gasteiger partial charge < -0.3 is 14.5 Å². The molecule has 1 aromatic heterocycles. The van der Waals surface area contributed by atoms with Crippen LogP contribution in [0.4, 0.5) is 4.79 Å². The first-order valence-electron chi connectivity index (χ1n) is 7.16. The maximum Gasteiger partial charge on any atom is 0.346 e. The lowest BCUT2D eigenvalue weighted by Crippen LogP contribution is -2.40. The Bertz CT molecular complexity index is 560. The largest absolute Gasteiger partial charge is 0.378 e. The van der Waals surface area contributed by atoms with E-state index < -0.39 is 0 Å². The van der Waals surface area contributed by atoms with Crippen LogP contribution in [0.2, 0.25) is 5.15 Å². The molecule has 0 saturated carbocycles. The molecule has 0 aliphatic carbocycles. The highest BCUT2D eigenvalue weighted by atomic mass is 35.5. The smallest absolute Gasteiger partial charge is 0.346 e.